The standard InChI is InChI=1S/C12H24O4/c1-4-5-6-7-12(14)16-9-11(13)8-15-10(2)3/h10-11,13H,4-9H2,1-3H3. The molecule has 0 saturated carbocycles. The van der Waals surface area contributed by atoms with Crippen molar-refractivity contribution < 1.29 is 19.4 Å². The molecule has 4 nitrogen and oxygen atoms in total. The first-order valence-electron chi connectivity index (χ1n) is 6.01. The van der Waals surface area contributed by atoms with Crippen LogP contribution in [0.4, 0.5) is 0 Å². The van der Waals surface area contributed by atoms with E-state index in [4.69, 9.17) is 9.47 Å². The summed E-state index contributed by atoms with van der Waals surface area (Å²) in [7, 11) is 0. The molecular weight excluding hydrogens is 208 g/mol. The van der Waals surface area contributed by atoms with Crippen LogP contribution in [-0.2, 0) is 14.3 Å². The SMILES string of the molecule is CCCCCC(=O)OCC(O)COC(C)C. The lowest BCUT2D eigenvalue weighted by atomic mass is 10.2. The summed E-state index contributed by atoms with van der Waals surface area (Å²) in [4.78, 5) is 11.2. The molecule has 0 aromatic rings. The maximum Gasteiger partial charge on any atom is 0.305 e. The van der Waals surface area contributed by atoms with E-state index in [0.29, 0.717) is 6.42 Å². The number of hydrogen-bond acceptors (Lipinski definition) is 4. The summed E-state index contributed by atoms with van der Waals surface area (Å²) in [5.74, 6) is -0.239. The molecule has 0 spiro atoms. The van der Waals surface area contributed by atoms with Crippen molar-refractivity contribution >= 4 is 5.97 Å². The predicted molar refractivity (Wildman–Crippen MR) is 62.2 cm³/mol. The van der Waals surface area contributed by atoms with Crippen LogP contribution in [0.15, 0.2) is 0 Å². The maximum atomic E-state index is 11.2. The highest BCUT2D eigenvalue weighted by molar-refractivity contribution is 5.69. The zero-order valence-corrected chi connectivity index (χ0v) is 10.6. The summed E-state index contributed by atoms with van der Waals surface area (Å²) in [6, 6.07) is 0. The number of aliphatic hydroxyl groups excluding tert-OH is 1. The minimum absolute atomic E-state index is 0.0255. The molecule has 0 aliphatic heterocycles. The molecule has 0 rings (SSSR count). The molecule has 0 aromatic heterocycles. The zero-order valence-electron chi connectivity index (χ0n) is 10.6. The Kier molecular flexibility index (Phi) is 9.24. The van der Waals surface area contributed by atoms with E-state index in [0.717, 1.165) is 19.3 Å². The molecule has 0 aromatic carbocycles. The van der Waals surface area contributed by atoms with Gasteiger partial charge in [0, 0.05) is 6.42 Å². The van der Waals surface area contributed by atoms with Crippen LogP contribution in [0.5, 0.6) is 0 Å². The van der Waals surface area contributed by atoms with Gasteiger partial charge < -0.3 is 14.6 Å². The molecular formula is C12H24O4. The van der Waals surface area contributed by atoms with E-state index in [-0.39, 0.29) is 25.3 Å². The monoisotopic (exact) mass is 232 g/mol. The van der Waals surface area contributed by atoms with E-state index in [9.17, 15) is 9.90 Å². The van der Waals surface area contributed by atoms with E-state index in [1.807, 2.05) is 13.8 Å². The second kappa shape index (κ2) is 9.60. The molecule has 0 radical (unpaired) electrons. The smallest absolute Gasteiger partial charge is 0.305 e. The topological polar surface area (TPSA) is 55.8 Å². The molecule has 0 heterocycles. The first kappa shape index (κ1) is 15.4. The van der Waals surface area contributed by atoms with Gasteiger partial charge in [0.2, 0.25) is 0 Å². The van der Waals surface area contributed by atoms with Crippen molar-refractivity contribution in [2.75, 3.05) is 13.2 Å². The summed E-state index contributed by atoms with van der Waals surface area (Å²) in [6.45, 7) is 6.10. The normalized spacial score (nSPS) is 12.8. The largest absolute Gasteiger partial charge is 0.463 e. The van der Waals surface area contributed by atoms with E-state index < -0.39 is 6.10 Å². The lowest BCUT2D eigenvalue weighted by Crippen LogP contribution is -2.25. The fraction of sp³-hybridized carbons (Fsp3) is 0.917. The Morgan fingerprint density at radius 1 is 1.25 bits per heavy atom. The third-order valence-electron chi connectivity index (χ3n) is 2.04. The second-order valence-electron chi connectivity index (χ2n) is 4.18. The van der Waals surface area contributed by atoms with Gasteiger partial charge in [-0.2, -0.15) is 0 Å². The molecule has 1 N–H and O–H groups in total. The minimum Gasteiger partial charge on any atom is -0.463 e. The second-order valence-corrected chi connectivity index (χ2v) is 4.18. The Balaban J connectivity index is 3.43. The van der Waals surface area contributed by atoms with Crippen LogP contribution >= 0.6 is 0 Å². The number of esters is 1. The Labute approximate surface area is 97.9 Å². The predicted octanol–water partition coefficient (Wildman–Crippen LogP) is 1.90. The Hall–Kier alpha value is -0.610. The van der Waals surface area contributed by atoms with Crippen molar-refractivity contribution in [2.45, 2.75) is 58.7 Å². The van der Waals surface area contributed by atoms with Crippen molar-refractivity contribution in [3.8, 4) is 0 Å². The van der Waals surface area contributed by atoms with E-state index in [1.165, 1.54) is 0 Å². The highest BCUT2D eigenvalue weighted by Gasteiger charge is 2.09. The van der Waals surface area contributed by atoms with Gasteiger partial charge >= 0.3 is 5.97 Å². The average Bonchev–Trinajstić information content (AvgIpc) is 2.24. The maximum absolute atomic E-state index is 11.2. The number of unbranched alkanes of at least 4 members (excludes halogenated alkanes) is 2. The Morgan fingerprint density at radius 3 is 2.50 bits per heavy atom. The van der Waals surface area contributed by atoms with Crippen LogP contribution in [0.2, 0.25) is 0 Å². The van der Waals surface area contributed by atoms with Gasteiger partial charge in [-0.1, -0.05) is 19.8 Å². The summed E-state index contributed by atoms with van der Waals surface area (Å²) in [5.41, 5.74) is 0. The molecule has 1 unspecified atom stereocenters. The molecule has 0 saturated heterocycles. The van der Waals surface area contributed by atoms with Crippen molar-refractivity contribution in [3.63, 3.8) is 0 Å². The Morgan fingerprint density at radius 2 is 1.94 bits per heavy atom. The van der Waals surface area contributed by atoms with E-state index in [1.54, 1.807) is 0 Å². The first-order valence-corrected chi connectivity index (χ1v) is 6.01. The minimum atomic E-state index is -0.725. The van der Waals surface area contributed by atoms with Gasteiger partial charge in [0.05, 0.1) is 12.7 Å². The number of aliphatic hydroxyl groups is 1. The number of rotatable bonds is 9. The van der Waals surface area contributed by atoms with Gasteiger partial charge in [-0.15, -0.1) is 0 Å². The summed E-state index contributed by atoms with van der Waals surface area (Å²) < 4.78 is 10.1. The molecule has 1 atom stereocenters. The number of hydrogen-bond donors (Lipinski definition) is 1. The van der Waals surface area contributed by atoms with Crippen LogP contribution < -0.4 is 0 Å². The van der Waals surface area contributed by atoms with Crippen LogP contribution in [0.1, 0.15) is 46.5 Å². The van der Waals surface area contributed by atoms with Gasteiger partial charge in [0.15, 0.2) is 0 Å². The lowest BCUT2D eigenvalue weighted by Gasteiger charge is -2.13. The van der Waals surface area contributed by atoms with Crippen molar-refractivity contribution in [1.29, 1.82) is 0 Å². The van der Waals surface area contributed by atoms with Crippen LogP contribution in [0.25, 0.3) is 0 Å². The molecule has 4 heteroatoms. The fourth-order valence-electron chi connectivity index (χ4n) is 1.13. The number of carbonyl (C=O) groups excluding carboxylic acids is 1. The molecule has 0 bridgehead atoms. The van der Waals surface area contributed by atoms with Crippen molar-refractivity contribution in [3.05, 3.63) is 0 Å². The molecule has 0 aliphatic rings. The molecule has 96 valence electrons. The van der Waals surface area contributed by atoms with Crippen LogP contribution in [0.3, 0.4) is 0 Å². The lowest BCUT2D eigenvalue weighted by molar-refractivity contribution is -0.148. The van der Waals surface area contributed by atoms with E-state index in [2.05, 4.69) is 6.92 Å². The van der Waals surface area contributed by atoms with Crippen molar-refractivity contribution in [2.24, 2.45) is 0 Å². The van der Waals surface area contributed by atoms with Gasteiger partial charge in [-0.05, 0) is 20.3 Å². The summed E-state index contributed by atoms with van der Waals surface area (Å²) >= 11 is 0. The molecule has 0 fully saturated rings. The molecule has 0 aliphatic carbocycles. The zero-order chi connectivity index (χ0) is 12.4. The summed E-state index contributed by atoms with van der Waals surface area (Å²) in [5, 5.41) is 9.42. The third-order valence-corrected chi connectivity index (χ3v) is 2.04. The van der Waals surface area contributed by atoms with Gasteiger partial charge in [0.25, 0.3) is 0 Å². The fourth-order valence-corrected chi connectivity index (χ4v) is 1.13. The van der Waals surface area contributed by atoms with Crippen LogP contribution in [0, 0.1) is 0 Å². The van der Waals surface area contributed by atoms with Crippen LogP contribution in [-0.4, -0.2) is 36.5 Å². The van der Waals surface area contributed by atoms with Gasteiger partial charge in [-0.3, -0.25) is 4.79 Å². The van der Waals surface area contributed by atoms with Gasteiger partial charge in [0.1, 0.15) is 12.7 Å². The van der Waals surface area contributed by atoms with E-state index >= 15 is 0 Å². The number of ether oxygens (including phenoxy) is 2. The quantitative estimate of drug-likeness (QED) is 0.487. The number of carbonyl (C=O) groups is 1. The highest BCUT2D eigenvalue weighted by atomic mass is 16.5. The molecule has 0 amide bonds. The third kappa shape index (κ3) is 9.93. The molecule has 16 heavy (non-hydrogen) atoms. The first-order chi connectivity index (χ1) is 7.56. The van der Waals surface area contributed by atoms with Gasteiger partial charge in [-0.25, -0.2) is 0 Å². The Bertz CT molecular complexity index is 180. The highest BCUT2D eigenvalue weighted by Crippen LogP contribution is 2.01. The average molecular weight is 232 g/mol. The van der Waals surface area contributed by atoms with Crippen molar-refractivity contribution in [1.82, 2.24) is 0 Å². The summed E-state index contributed by atoms with van der Waals surface area (Å²) in [6.07, 6.45) is 2.76.